The lowest BCUT2D eigenvalue weighted by Gasteiger charge is -2.27. The van der Waals surface area contributed by atoms with Crippen molar-refractivity contribution in [1.29, 1.82) is 0 Å². The lowest BCUT2D eigenvalue weighted by atomic mass is 9.85. The van der Waals surface area contributed by atoms with Gasteiger partial charge in [0.1, 0.15) is 5.82 Å². The van der Waals surface area contributed by atoms with Crippen molar-refractivity contribution in [3.05, 3.63) is 54.1 Å². The van der Waals surface area contributed by atoms with E-state index in [0.717, 1.165) is 25.2 Å². The minimum absolute atomic E-state index is 0.304. The van der Waals surface area contributed by atoms with Gasteiger partial charge in [0.2, 0.25) is 0 Å². The van der Waals surface area contributed by atoms with Crippen molar-refractivity contribution >= 4 is 0 Å². The van der Waals surface area contributed by atoms with E-state index in [2.05, 4.69) is 66.4 Å². The Kier molecular flexibility index (Phi) is 4.96. The molecule has 20 heavy (non-hydrogen) atoms. The van der Waals surface area contributed by atoms with E-state index in [4.69, 9.17) is 0 Å². The van der Waals surface area contributed by atoms with Crippen LogP contribution >= 0.6 is 0 Å². The van der Waals surface area contributed by atoms with Gasteiger partial charge in [-0.3, -0.25) is 0 Å². The van der Waals surface area contributed by atoms with Crippen LogP contribution in [-0.2, 0) is 6.42 Å². The average molecular weight is 271 g/mol. The van der Waals surface area contributed by atoms with Crippen molar-refractivity contribution in [2.45, 2.75) is 39.7 Å². The van der Waals surface area contributed by atoms with Gasteiger partial charge in [-0.15, -0.1) is 0 Å². The van der Waals surface area contributed by atoms with E-state index < -0.39 is 0 Å². The molecule has 2 rings (SSSR count). The second-order valence-electron chi connectivity index (χ2n) is 6.47. The van der Waals surface area contributed by atoms with Crippen molar-refractivity contribution in [1.82, 2.24) is 15.3 Å². The van der Waals surface area contributed by atoms with Crippen molar-refractivity contribution in [2.75, 3.05) is 6.54 Å². The molecule has 1 heterocycles. The number of hydrogen-bond acceptors (Lipinski definition) is 2. The molecule has 2 N–H and O–H groups in total. The number of rotatable bonds is 6. The van der Waals surface area contributed by atoms with Crippen LogP contribution in [0.1, 0.15) is 44.6 Å². The first-order chi connectivity index (χ1) is 9.54. The van der Waals surface area contributed by atoms with Crippen molar-refractivity contribution in [3.8, 4) is 0 Å². The van der Waals surface area contributed by atoms with E-state index in [1.54, 1.807) is 6.20 Å². The molecule has 0 aliphatic rings. The van der Waals surface area contributed by atoms with E-state index in [1.165, 1.54) is 5.56 Å². The first kappa shape index (κ1) is 14.8. The van der Waals surface area contributed by atoms with Crippen LogP contribution in [0.3, 0.4) is 0 Å². The molecule has 0 fully saturated rings. The molecule has 0 saturated heterocycles. The predicted molar refractivity (Wildman–Crippen MR) is 83.5 cm³/mol. The first-order valence-corrected chi connectivity index (χ1v) is 7.31. The van der Waals surface area contributed by atoms with Crippen LogP contribution < -0.4 is 5.32 Å². The molecule has 0 saturated carbocycles. The summed E-state index contributed by atoms with van der Waals surface area (Å²) < 4.78 is 0. The van der Waals surface area contributed by atoms with Crippen LogP contribution in [0.2, 0.25) is 0 Å². The summed E-state index contributed by atoms with van der Waals surface area (Å²) in [6, 6.07) is 11.1. The smallest absolute Gasteiger partial charge is 0.107 e. The number of hydrogen-bond donors (Lipinski definition) is 2. The fraction of sp³-hybridized carbons (Fsp3) is 0.471. The molecule has 0 aliphatic heterocycles. The second-order valence-corrected chi connectivity index (χ2v) is 6.47. The summed E-state index contributed by atoms with van der Waals surface area (Å²) in [6.07, 6.45) is 5.73. The molecule has 0 spiro atoms. The van der Waals surface area contributed by atoms with Gasteiger partial charge in [0.25, 0.3) is 0 Å². The first-order valence-electron chi connectivity index (χ1n) is 7.31. The fourth-order valence-corrected chi connectivity index (χ4v) is 2.41. The SMILES string of the molecule is CC(C)(C)CC(NCCc1ncc[nH]1)c1ccccc1. The normalized spacial score (nSPS) is 13.3. The summed E-state index contributed by atoms with van der Waals surface area (Å²) in [5.41, 5.74) is 1.67. The molecule has 108 valence electrons. The Hall–Kier alpha value is -1.61. The number of H-pyrrole nitrogens is 1. The van der Waals surface area contributed by atoms with Crippen molar-refractivity contribution in [2.24, 2.45) is 5.41 Å². The minimum Gasteiger partial charge on any atom is -0.349 e. The Morgan fingerprint density at radius 1 is 1.20 bits per heavy atom. The van der Waals surface area contributed by atoms with Crippen LogP contribution in [0, 0.1) is 5.41 Å². The van der Waals surface area contributed by atoms with E-state index in [1.807, 2.05) is 6.20 Å². The summed E-state index contributed by atoms with van der Waals surface area (Å²) >= 11 is 0. The standard InChI is InChI=1S/C17H25N3/c1-17(2,3)13-15(14-7-5-4-6-8-14)18-10-9-16-19-11-12-20-16/h4-8,11-12,15,18H,9-10,13H2,1-3H3,(H,19,20). The number of nitrogens with zero attached hydrogens (tertiary/aromatic N) is 1. The lowest BCUT2D eigenvalue weighted by molar-refractivity contribution is 0.312. The predicted octanol–water partition coefficient (Wildman–Crippen LogP) is 3.72. The molecule has 0 radical (unpaired) electrons. The van der Waals surface area contributed by atoms with Gasteiger partial charge in [0.05, 0.1) is 0 Å². The number of aromatic amines is 1. The molecule has 0 amide bonds. The van der Waals surface area contributed by atoms with Gasteiger partial charge >= 0.3 is 0 Å². The molecular weight excluding hydrogens is 246 g/mol. The Morgan fingerprint density at radius 3 is 2.55 bits per heavy atom. The summed E-state index contributed by atoms with van der Waals surface area (Å²) in [7, 11) is 0. The number of benzene rings is 1. The van der Waals surface area contributed by atoms with Gasteiger partial charge in [0, 0.05) is 31.4 Å². The third kappa shape index (κ3) is 4.82. The molecule has 3 nitrogen and oxygen atoms in total. The maximum atomic E-state index is 4.26. The summed E-state index contributed by atoms with van der Waals surface area (Å²) in [4.78, 5) is 7.41. The molecule has 1 aromatic carbocycles. The fourth-order valence-electron chi connectivity index (χ4n) is 2.41. The number of imidazole rings is 1. The van der Waals surface area contributed by atoms with Crippen LogP contribution in [0.15, 0.2) is 42.7 Å². The zero-order valence-corrected chi connectivity index (χ0v) is 12.7. The molecule has 3 heteroatoms. The Labute approximate surface area is 121 Å². The van der Waals surface area contributed by atoms with Crippen molar-refractivity contribution in [3.63, 3.8) is 0 Å². The van der Waals surface area contributed by atoms with Crippen LogP contribution in [-0.4, -0.2) is 16.5 Å². The van der Waals surface area contributed by atoms with E-state index >= 15 is 0 Å². The number of aromatic nitrogens is 2. The van der Waals surface area contributed by atoms with E-state index in [0.29, 0.717) is 11.5 Å². The minimum atomic E-state index is 0.304. The van der Waals surface area contributed by atoms with E-state index in [9.17, 15) is 0 Å². The molecule has 1 aromatic heterocycles. The summed E-state index contributed by atoms with van der Waals surface area (Å²) in [5.74, 6) is 1.04. The van der Waals surface area contributed by atoms with Gasteiger partial charge < -0.3 is 10.3 Å². The molecular formula is C17H25N3. The van der Waals surface area contributed by atoms with Gasteiger partial charge in [-0.25, -0.2) is 4.98 Å². The highest BCUT2D eigenvalue weighted by atomic mass is 14.9. The van der Waals surface area contributed by atoms with Crippen molar-refractivity contribution < 1.29 is 0 Å². The Balaban J connectivity index is 1.96. The maximum absolute atomic E-state index is 4.26. The third-order valence-electron chi connectivity index (χ3n) is 3.33. The number of nitrogens with one attached hydrogen (secondary N) is 2. The zero-order valence-electron chi connectivity index (χ0n) is 12.7. The van der Waals surface area contributed by atoms with Gasteiger partial charge in [-0.2, -0.15) is 0 Å². The van der Waals surface area contributed by atoms with Crippen LogP contribution in [0.5, 0.6) is 0 Å². The zero-order chi connectivity index (χ0) is 14.4. The highest BCUT2D eigenvalue weighted by Crippen LogP contribution is 2.29. The monoisotopic (exact) mass is 271 g/mol. The highest BCUT2D eigenvalue weighted by molar-refractivity contribution is 5.19. The summed E-state index contributed by atoms with van der Waals surface area (Å²) in [5, 5.41) is 3.67. The lowest BCUT2D eigenvalue weighted by Crippen LogP contribution is -2.27. The second kappa shape index (κ2) is 6.71. The van der Waals surface area contributed by atoms with Gasteiger partial charge in [-0.1, -0.05) is 51.1 Å². The average Bonchev–Trinajstić information content (AvgIpc) is 2.90. The Bertz CT molecular complexity index is 483. The highest BCUT2D eigenvalue weighted by Gasteiger charge is 2.19. The van der Waals surface area contributed by atoms with Crippen LogP contribution in [0.4, 0.5) is 0 Å². The Morgan fingerprint density at radius 2 is 1.95 bits per heavy atom. The third-order valence-corrected chi connectivity index (χ3v) is 3.33. The topological polar surface area (TPSA) is 40.7 Å². The molecule has 2 aromatic rings. The van der Waals surface area contributed by atoms with Gasteiger partial charge in [-0.05, 0) is 17.4 Å². The molecule has 0 aliphatic carbocycles. The molecule has 1 unspecified atom stereocenters. The quantitative estimate of drug-likeness (QED) is 0.840. The molecule has 0 bridgehead atoms. The van der Waals surface area contributed by atoms with E-state index in [-0.39, 0.29) is 0 Å². The van der Waals surface area contributed by atoms with Gasteiger partial charge in [0.15, 0.2) is 0 Å². The molecule has 1 atom stereocenters. The largest absolute Gasteiger partial charge is 0.349 e. The summed E-state index contributed by atoms with van der Waals surface area (Å²) in [6.45, 7) is 7.80. The maximum Gasteiger partial charge on any atom is 0.107 e. The van der Waals surface area contributed by atoms with Crippen LogP contribution in [0.25, 0.3) is 0 Å².